The molecule has 1 aromatic rings. The van der Waals surface area contributed by atoms with Gasteiger partial charge in [-0.25, -0.2) is 0 Å². The molecular formula is C12H18O2S. The highest BCUT2D eigenvalue weighted by atomic mass is 32.1. The van der Waals surface area contributed by atoms with Crippen LogP contribution in [0.1, 0.15) is 47.6 Å². The summed E-state index contributed by atoms with van der Waals surface area (Å²) in [5.41, 5.74) is 1.15. The number of rotatable bonds is 3. The average Bonchev–Trinajstić information content (AvgIpc) is 2.59. The Morgan fingerprint density at radius 1 is 1.60 bits per heavy atom. The third-order valence-electron chi connectivity index (χ3n) is 2.94. The summed E-state index contributed by atoms with van der Waals surface area (Å²) in [5, 5.41) is 19.0. The monoisotopic (exact) mass is 226 g/mol. The second kappa shape index (κ2) is 4.64. The number of hydrogen-bond acceptors (Lipinski definition) is 3. The fourth-order valence-corrected chi connectivity index (χ4v) is 3.35. The molecule has 0 radical (unpaired) electrons. The molecule has 2 nitrogen and oxygen atoms in total. The van der Waals surface area contributed by atoms with E-state index in [0.717, 1.165) is 37.7 Å². The van der Waals surface area contributed by atoms with Gasteiger partial charge in [0.2, 0.25) is 0 Å². The number of thiophene rings is 1. The van der Waals surface area contributed by atoms with Crippen LogP contribution >= 0.6 is 11.3 Å². The summed E-state index contributed by atoms with van der Waals surface area (Å²) in [6.45, 7) is 1.82. The van der Waals surface area contributed by atoms with Gasteiger partial charge in [0.25, 0.3) is 0 Å². The largest absolute Gasteiger partial charge is 0.393 e. The Bertz CT molecular complexity index is 330. The van der Waals surface area contributed by atoms with Gasteiger partial charge in [-0.05, 0) is 50.7 Å². The molecule has 2 rings (SSSR count). The number of aliphatic hydroxyl groups is 2. The van der Waals surface area contributed by atoms with Crippen molar-refractivity contribution in [2.24, 2.45) is 0 Å². The quantitative estimate of drug-likeness (QED) is 0.831. The Morgan fingerprint density at radius 2 is 2.40 bits per heavy atom. The Kier molecular flexibility index (Phi) is 3.44. The van der Waals surface area contributed by atoms with Gasteiger partial charge in [-0.3, -0.25) is 0 Å². The van der Waals surface area contributed by atoms with Gasteiger partial charge in [0.05, 0.1) is 12.2 Å². The molecule has 0 amide bonds. The van der Waals surface area contributed by atoms with Gasteiger partial charge in [-0.1, -0.05) is 0 Å². The number of hydrogen-bond donors (Lipinski definition) is 2. The molecular weight excluding hydrogens is 208 g/mol. The maximum absolute atomic E-state index is 9.81. The predicted octanol–water partition coefficient (Wildman–Crippen LogP) is 2.43. The van der Waals surface area contributed by atoms with Crippen LogP contribution in [-0.4, -0.2) is 16.3 Å². The molecule has 2 unspecified atom stereocenters. The van der Waals surface area contributed by atoms with E-state index in [4.69, 9.17) is 0 Å². The minimum Gasteiger partial charge on any atom is -0.393 e. The van der Waals surface area contributed by atoms with E-state index < -0.39 is 0 Å². The molecule has 0 aliphatic heterocycles. The van der Waals surface area contributed by atoms with Crippen molar-refractivity contribution in [1.82, 2.24) is 0 Å². The second-order valence-electron chi connectivity index (χ2n) is 4.39. The molecule has 1 aliphatic rings. The molecule has 1 aromatic heterocycles. The summed E-state index contributed by atoms with van der Waals surface area (Å²) < 4.78 is 0. The first kappa shape index (κ1) is 11.1. The van der Waals surface area contributed by atoms with Crippen molar-refractivity contribution in [3.63, 3.8) is 0 Å². The lowest BCUT2D eigenvalue weighted by Gasteiger charge is -2.16. The van der Waals surface area contributed by atoms with Crippen LogP contribution in [0.2, 0.25) is 0 Å². The standard InChI is InChI=1S/C12H18O2S/c1-8(13)5-6-9-7-10-11(14)3-2-4-12(10)15-9/h7-8,11,13-14H,2-6H2,1H3. The van der Waals surface area contributed by atoms with Gasteiger partial charge in [0.15, 0.2) is 0 Å². The van der Waals surface area contributed by atoms with E-state index in [1.165, 1.54) is 9.75 Å². The minimum atomic E-state index is -0.245. The van der Waals surface area contributed by atoms with Crippen molar-refractivity contribution in [3.05, 3.63) is 21.4 Å². The lowest BCUT2D eigenvalue weighted by Crippen LogP contribution is -2.05. The summed E-state index contributed by atoms with van der Waals surface area (Å²) in [4.78, 5) is 2.66. The average molecular weight is 226 g/mol. The van der Waals surface area contributed by atoms with Gasteiger partial charge in [0.1, 0.15) is 0 Å². The van der Waals surface area contributed by atoms with E-state index in [1.807, 2.05) is 18.3 Å². The maximum atomic E-state index is 9.81. The molecule has 3 heteroatoms. The van der Waals surface area contributed by atoms with Crippen LogP contribution < -0.4 is 0 Å². The predicted molar refractivity (Wildman–Crippen MR) is 62.2 cm³/mol. The van der Waals surface area contributed by atoms with Crippen LogP contribution in [0.5, 0.6) is 0 Å². The topological polar surface area (TPSA) is 40.5 Å². The van der Waals surface area contributed by atoms with Crippen LogP contribution in [0.15, 0.2) is 6.07 Å². The maximum Gasteiger partial charge on any atom is 0.0801 e. The third-order valence-corrected chi connectivity index (χ3v) is 4.21. The lowest BCUT2D eigenvalue weighted by molar-refractivity contribution is 0.157. The van der Waals surface area contributed by atoms with Crippen molar-refractivity contribution < 1.29 is 10.2 Å². The first-order valence-electron chi connectivity index (χ1n) is 5.64. The van der Waals surface area contributed by atoms with Crippen LogP contribution in [0, 0.1) is 0 Å². The molecule has 0 fully saturated rings. The highest BCUT2D eigenvalue weighted by Crippen LogP contribution is 2.36. The summed E-state index contributed by atoms with van der Waals surface area (Å²) in [7, 11) is 0. The zero-order valence-electron chi connectivity index (χ0n) is 9.07. The van der Waals surface area contributed by atoms with Gasteiger partial charge in [-0.15, -0.1) is 11.3 Å². The van der Waals surface area contributed by atoms with Gasteiger partial charge >= 0.3 is 0 Å². The Hall–Kier alpha value is -0.380. The minimum absolute atomic E-state index is 0.228. The van der Waals surface area contributed by atoms with E-state index in [-0.39, 0.29) is 12.2 Å². The number of fused-ring (bicyclic) bond motifs is 1. The molecule has 0 saturated heterocycles. The van der Waals surface area contributed by atoms with E-state index in [0.29, 0.717) is 0 Å². The third kappa shape index (κ3) is 2.60. The Labute approximate surface area is 94.6 Å². The molecule has 0 saturated carbocycles. The fourth-order valence-electron chi connectivity index (χ4n) is 2.06. The summed E-state index contributed by atoms with van der Waals surface area (Å²) >= 11 is 1.81. The molecule has 2 N–H and O–H groups in total. The van der Waals surface area contributed by atoms with Crippen LogP contribution in [0.4, 0.5) is 0 Å². The summed E-state index contributed by atoms with van der Waals surface area (Å²) in [5.74, 6) is 0. The zero-order valence-corrected chi connectivity index (χ0v) is 9.89. The Morgan fingerprint density at radius 3 is 3.07 bits per heavy atom. The molecule has 1 heterocycles. The van der Waals surface area contributed by atoms with E-state index in [2.05, 4.69) is 6.07 Å². The highest BCUT2D eigenvalue weighted by Gasteiger charge is 2.20. The molecule has 0 aromatic carbocycles. The Balaban J connectivity index is 2.08. The van der Waals surface area contributed by atoms with Crippen molar-refractivity contribution in [3.8, 4) is 0 Å². The van der Waals surface area contributed by atoms with E-state index in [9.17, 15) is 10.2 Å². The van der Waals surface area contributed by atoms with Gasteiger partial charge < -0.3 is 10.2 Å². The molecule has 1 aliphatic carbocycles. The zero-order chi connectivity index (χ0) is 10.8. The molecule has 15 heavy (non-hydrogen) atoms. The number of aryl methyl sites for hydroxylation is 2. The van der Waals surface area contributed by atoms with Crippen LogP contribution in [-0.2, 0) is 12.8 Å². The molecule has 84 valence electrons. The summed E-state index contributed by atoms with van der Waals surface area (Å²) in [6, 6.07) is 2.13. The highest BCUT2D eigenvalue weighted by molar-refractivity contribution is 7.12. The lowest BCUT2D eigenvalue weighted by atomic mass is 9.96. The summed E-state index contributed by atoms with van der Waals surface area (Å²) in [6.07, 6.45) is 4.40. The van der Waals surface area contributed by atoms with Crippen LogP contribution in [0.25, 0.3) is 0 Å². The SMILES string of the molecule is CC(O)CCc1cc2c(s1)CCCC2O. The van der Waals surface area contributed by atoms with Crippen LogP contribution in [0.3, 0.4) is 0 Å². The van der Waals surface area contributed by atoms with Crippen molar-refractivity contribution in [2.45, 2.75) is 51.2 Å². The first-order chi connectivity index (χ1) is 7.16. The number of aliphatic hydroxyl groups excluding tert-OH is 2. The smallest absolute Gasteiger partial charge is 0.0801 e. The van der Waals surface area contributed by atoms with E-state index in [1.54, 1.807) is 0 Å². The molecule has 0 bridgehead atoms. The van der Waals surface area contributed by atoms with E-state index >= 15 is 0 Å². The van der Waals surface area contributed by atoms with Crippen molar-refractivity contribution >= 4 is 11.3 Å². The molecule has 0 spiro atoms. The first-order valence-corrected chi connectivity index (χ1v) is 6.46. The van der Waals surface area contributed by atoms with Crippen molar-refractivity contribution in [2.75, 3.05) is 0 Å². The van der Waals surface area contributed by atoms with Gasteiger partial charge in [-0.2, -0.15) is 0 Å². The van der Waals surface area contributed by atoms with Crippen molar-refractivity contribution in [1.29, 1.82) is 0 Å². The normalized spacial score (nSPS) is 22.5. The van der Waals surface area contributed by atoms with Gasteiger partial charge in [0, 0.05) is 9.75 Å². The fraction of sp³-hybridized carbons (Fsp3) is 0.667. The molecule has 2 atom stereocenters. The second-order valence-corrected chi connectivity index (χ2v) is 5.61.